The average Bonchev–Trinajstić information content (AvgIpc) is 2.37. The molecular formula is C15H32O3. The quantitative estimate of drug-likeness (QED) is 0.340. The summed E-state index contributed by atoms with van der Waals surface area (Å²) >= 11 is 0. The van der Waals surface area contributed by atoms with Crippen LogP contribution in [-0.4, -0.2) is 26.3 Å². The molecule has 18 heavy (non-hydrogen) atoms. The Bertz CT molecular complexity index is 145. The van der Waals surface area contributed by atoms with Crippen molar-refractivity contribution >= 4 is 0 Å². The average molecular weight is 260 g/mol. The van der Waals surface area contributed by atoms with Crippen molar-refractivity contribution in [2.24, 2.45) is 0 Å². The molecule has 0 fully saturated rings. The topological polar surface area (TPSA) is 27.7 Å². The van der Waals surface area contributed by atoms with Crippen LogP contribution in [0.4, 0.5) is 0 Å². The van der Waals surface area contributed by atoms with E-state index in [0.29, 0.717) is 13.2 Å². The van der Waals surface area contributed by atoms with E-state index in [1.165, 1.54) is 44.9 Å². The van der Waals surface area contributed by atoms with E-state index in [1.54, 1.807) is 0 Å². The van der Waals surface area contributed by atoms with Gasteiger partial charge in [-0.05, 0) is 20.3 Å². The third kappa shape index (κ3) is 12.3. The van der Waals surface area contributed by atoms with Crippen LogP contribution in [0.2, 0.25) is 0 Å². The minimum atomic E-state index is -0.468. The number of hydrogen-bond acceptors (Lipinski definition) is 3. The van der Waals surface area contributed by atoms with E-state index >= 15 is 0 Å². The first-order chi connectivity index (χ1) is 8.85. The van der Waals surface area contributed by atoms with Gasteiger partial charge < -0.3 is 14.2 Å². The molecule has 0 atom stereocenters. The third-order valence-electron chi connectivity index (χ3n) is 2.86. The van der Waals surface area contributed by atoms with Gasteiger partial charge >= 0.3 is 0 Å². The Kier molecular flexibility index (Phi) is 14.8. The molecule has 0 aliphatic carbocycles. The summed E-state index contributed by atoms with van der Waals surface area (Å²) in [5.41, 5.74) is 0. The Morgan fingerprint density at radius 3 is 1.61 bits per heavy atom. The van der Waals surface area contributed by atoms with Gasteiger partial charge in [-0.25, -0.2) is 0 Å². The molecule has 0 N–H and O–H groups in total. The lowest BCUT2D eigenvalue weighted by Crippen LogP contribution is -2.21. The first kappa shape index (κ1) is 17.9. The molecule has 0 aromatic heterocycles. The summed E-state index contributed by atoms with van der Waals surface area (Å²) in [5, 5.41) is 0. The number of ether oxygens (including phenoxy) is 3. The molecule has 0 bridgehead atoms. The van der Waals surface area contributed by atoms with E-state index in [0.717, 1.165) is 13.0 Å². The first-order valence-electron chi connectivity index (χ1n) is 7.69. The number of rotatable bonds is 14. The Morgan fingerprint density at radius 2 is 1.11 bits per heavy atom. The van der Waals surface area contributed by atoms with Crippen molar-refractivity contribution in [1.29, 1.82) is 0 Å². The van der Waals surface area contributed by atoms with Gasteiger partial charge in [0, 0.05) is 13.2 Å². The number of unbranched alkanes of at least 4 members (excludes halogenated alkanes) is 7. The zero-order valence-corrected chi connectivity index (χ0v) is 12.6. The van der Waals surface area contributed by atoms with E-state index in [2.05, 4.69) is 6.92 Å². The second kappa shape index (κ2) is 14.9. The Morgan fingerprint density at radius 1 is 0.611 bits per heavy atom. The molecule has 0 spiro atoms. The molecule has 0 saturated heterocycles. The minimum Gasteiger partial charge on any atom is -0.330 e. The van der Waals surface area contributed by atoms with Crippen molar-refractivity contribution in [1.82, 2.24) is 0 Å². The molecule has 0 aliphatic rings. The minimum absolute atomic E-state index is 0.468. The molecular weight excluding hydrogens is 228 g/mol. The van der Waals surface area contributed by atoms with Crippen LogP contribution < -0.4 is 0 Å². The Hall–Kier alpha value is -0.120. The zero-order valence-electron chi connectivity index (χ0n) is 12.6. The van der Waals surface area contributed by atoms with Crippen LogP contribution >= 0.6 is 0 Å². The molecule has 0 aromatic carbocycles. The maximum atomic E-state index is 5.52. The largest absolute Gasteiger partial charge is 0.330 e. The van der Waals surface area contributed by atoms with E-state index in [9.17, 15) is 0 Å². The molecule has 0 saturated carbocycles. The summed E-state index contributed by atoms with van der Waals surface area (Å²) in [5.74, 6) is 0. The lowest BCUT2D eigenvalue weighted by molar-refractivity contribution is -0.284. The van der Waals surface area contributed by atoms with Gasteiger partial charge in [-0.2, -0.15) is 0 Å². The van der Waals surface area contributed by atoms with Crippen LogP contribution in [0.15, 0.2) is 0 Å². The van der Waals surface area contributed by atoms with Crippen molar-refractivity contribution in [3.05, 3.63) is 0 Å². The Labute approximate surface area is 113 Å². The van der Waals surface area contributed by atoms with Gasteiger partial charge in [0.1, 0.15) is 0 Å². The SMILES string of the molecule is CCCCCCCCCCOC(OCC)OCC. The van der Waals surface area contributed by atoms with Crippen LogP contribution in [0, 0.1) is 0 Å². The summed E-state index contributed by atoms with van der Waals surface area (Å²) < 4.78 is 16.1. The lowest BCUT2D eigenvalue weighted by atomic mass is 10.1. The third-order valence-corrected chi connectivity index (χ3v) is 2.86. The highest BCUT2D eigenvalue weighted by Gasteiger charge is 2.06. The highest BCUT2D eigenvalue weighted by atomic mass is 16.8. The molecule has 0 aromatic rings. The maximum absolute atomic E-state index is 5.52. The van der Waals surface area contributed by atoms with Gasteiger partial charge in [0.05, 0.1) is 6.61 Å². The van der Waals surface area contributed by atoms with Crippen molar-refractivity contribution in [2.75, 3.05) is 19.8 Å². The van der Waals surface area contributed by atoms with Crippen LogP contribution in [0.5, 0.6) is 0 Å². The molecule has 110 valence electrons. The van der Waals surface area contributed by atoms with Crippen molar-refractivity contribution in [3.8, 4) is 0 Å². The van der Waals surface area contributed by atoms with Crippen LogP contribution in [-0.2, 0) is 14.2 Å². The smallest absolute Gasteiger partial charge is 0.271 e. The van der Waals surface area contributed by atoms with Gasteiger partial charge in [-0.1, -0.05) is 51.9 Å². The van der Waals surface area contributed by atoms with E-state index in [-0.39, 0.29) is 0 Å². The van der Waals surface area contributed by atoms with Gasteiger partial charge in [0.2, 0.25) is 0 Å². The van der Waals surface area contributed by atoms with Crippen LogP contribution in [0.3, 0.4) is 0 Å². The van der Waals surface area contributed by atoms with Crippen LogP contribution in [0.25, 0.3) is 0 Å². The fraction of sp³-hybridized carbons (Fsp3) is 1.00. The highest BCUT2D eigenvalue weighted by Crippen LogP contribution is 2.09. The summed E-state index contributed by atoms with van der Waals surface area (Å²) in [7, 11) is 0. The summed E-state index contributed by atoms with van der Waals surface area (Å²) in [4.78, 5) is 0. The summed E-state index contributed by atoms with van der Waals surface area (Å²) in [6.45, 7) is 7.68. The Balaban J connectivity index is 3.21. The molecule has 0 unspecified atom stereocenters. The molecule has 0 aliphatic heterocycles. The fourth-order valence-corrected chi connectivity index (χ4v) is 1.83. The van der Waals surface area contributed by atoms with E-state index < -0.39 is 6.48 Å². The highest BCUT2D eigenvalue weighted by molar-refractivity contribution is 4.45. The van der Waals surface area contributed by atoms with Gasteiger partial charge in [-0.3, -0.25) is 0 Å². The molecule has 0 heterocycles. The molecule has 0 amide bonds. The first-order valence-corrected chi connectivity index (χ1v) is 7.69. The molecule has 3 nitrogen and oxygen atoms in total. The maximum Gasteiger partial charge on any atom is 0.271 e. The molecule has 0 rings (SSSR count). The summed E-state index contributed by atoms with van der Waals surface area (Å²) in [6.07, 6.45) is 10.5. The molecule has 0 radical (unpaired) electrons. The molecule has 3 heteroatoms. The van der Waals surface area contributed by atoms with Crippen molar-refractivity contribution in [2.45, 2.75) is 78.6 Å². The number of hydrogen-bond donors (Lipinski definition) is 0. The lowest BCUT2D eigenvalue weighted by Gasteiger charge is -2.16. The predicted octanol–water partition coefficient (Wildman–Crippen LogP) is 4.50. The second-order valence-electron chi connectivity index (χ2n) is 4.55. The van der Waals surface area contributed by atoms with Crippen molar-refractivity contribution in [3.63, 3.8) is 0 Å². The van der Waals surface area contributed by atoms with E-state index in [1.807, 2.05) is 13.8 Å². The predicted molar refractivity (Wildman–Crippen MR) is 75.6 cm³/mol. The summed E-state index contributed by atoms with van der Waals surface area (Å²) in [6, 6.07) is 0. The standard InChI is InChI=1S/C15H32O3/c1-4-7-8-9-10-11-12-13-14-18-15(16-5-2)17-6-3/h15H,4-14H2,1-3H3. The monoisotopic (exact) mass is 260 g/mol. The van der Waals surface area contributed by atoms with Crippen molar-refractivity contribution < 1.29 is 14.2 Å². The second-order valence-corrected chi connectivity index (χ2v) is 4.55. The fourth-order valence-electron chi connectivity index (χ4n) is 1.83. The van der Waals surface area contributed by atoms with Gasteiger partial charge in [-0.15, -0.1) is 0 Å². The zero-order chi connectivity index (χ0) is 13.5. The van der Waals surface area contributed by atoms with Crippen LogP contribution in [0.1, 0.15) is 72.1 Å². The van der Waals surface area contributed by atoms with E-state index in [4.69, 9.17) is 14.2 Å². The normalized spacial score (nSPS) is 11.3. The van der Waals surface area contributed by atoms with Gasteiger partial charge in [0.25, 0.3) is 6.48 Å². The van der Waals surface area contributed by atoms with Gasteiger partial charge in [0.15, 0.2) is 0 Å².